The molecule has 0 fully saturated rings. The minimum absolute atomic E-state index is 0.0108. The van der Waals surface area contributed by atoms with Gasteiger partial charge in [-0.05, 0) is 36.4 Å². The molecule has 4 heteroatoms. The van der Waals surface area contributed by atoms with Gasteiger partial charge in [-0.15, -0.1) is 0 Å². The molecule has 0 aromatic heterocycles. The number of rotatable bonds is 3. The van der Waals surface area contributed by atoms with E-state index in [1.54, 1.807) is 12.1 Å². The summed E-state index contributed by atoms with van der Waals surface area (Å²) in [5.74, 6) is -0.614. The molecule has 0 heterocycles. The smallest absolute Gasteiger partial charge is 0.132 e. The summed E-state index contributed by atoms with van der Waals surface area (Å²) in [4.78, 5) is 0. The first kappa shape index (κ1) is 11.4. The van der Waals surface area contributed by atoms with Gasteiger partial charge >= 0.3 is 0 Å². The average molecular weight is 236 g/mol. The van der Waals surface area contributed by atoms with Crippen molar-refractivity contribution in [1.82, 2.24) is 0 Å². The molecule has 1 N–H and O–H groups in total. The number of phenols is 1. The van der Waals surface area contributed by atoms with E-state index in [0.717, 1.165) is 6.07 Å². The molecular weight excluding hydrogens is 226 g/mol. The molecule has 2 rings (SSSR count). The minimum atomic E-state index is -0.635. The molecule has 0 spiro atoms. The quantitative estimate of drug-likeness (QED) is 0.886. The highest BCUT2D eigenvalue weighted by Crippen LogP contribution is 2.18. The maximum atomic E-state index is 13.3. The topological polar surface area (TPSA) is 29.5 Å². The van der Waals surface area contributed by atoms with E-state index in [1.165, 1.54) is 24.3 Å². The monoisotopic (exact) mass is 236 g/mol. The normalized spacial score (nSPS) is 10.2. The fourth-order valence-electron chi connectivity index (χ4n) is 1.34. The second-order valence-corrected chi connectivity index (χ2v) is 3.52. The molecule has 0 unspecified atom stereocenters. The summed E-state index contributed by atoms with van der Waals surface area (Å²) < 4.78 is 31.2. The number of halogens is 2. The third-order valence-corrected chi connectivity index (χ3v) is 2.25. The van der Waals surface area contributed by atoms with Crippen molar-refractivity contribution >= 4 is 0 Å². The van der Waals surface area contributed by atoms with Gasteiger partial charge in [-0.3, -0.25) is 0 Å². The summed E-state index contributed by atoms with van der Waals surface area (Å²) in [6, 6.07) is 9.40. The second kappa shape index (κ2) is 4.82. The molecule has 2 aromatic rings. The van der Waals surface area contributed by atoms with Crippen LogP contribution in [0, 0.1) is 11.6 Å². The van der Waals surface area contributed by atoms with E-state index in [1.807, 2.05) is 0 Å². The van der Waals surface area contributed by atoms with Crippen molar-refractivity contribution in [1.29, 1.82) is 0 Å². The first-order valence-corrected chi connectivity index (χ1v) is 5.01. The van der Waals surface area contributed by atoms with Crippen molar-refractivity contribution < 1.29 is 18.6 Å². The molecule has 0 saturated heterocycles. The number of benzene rings is 2. The fraction of sp³-hybridized carbons (Fsp3) is 0.0769. The fourth-order valence-corrected chi connectivity index (χ4v) is 1.34. The number of phenolic OH excluding ortho intramolecular Hbond substituents is 1. The van der Waals surface area contributed by atoms with E-state index >= 15 is 0 Å². The number of aromatic hydroxyl groups is 1. The average Bonchev–Trinajstić information content (AvgIpc) is 2.30. The predicted molar refractivity (Wildman–Crippen MR) is 58.8 cm³/mol. The maximum Gasteiger partial charge on any atom is 0.132 e. The summed E-state index contributed by atoms with van der Waals surface area (Å²) in [5.41, 5.74) is 0.277. The van der Waals surface area contributed by atoms with E-state index in [4.69, 9.17) is 9.84 Å². The Hall–Kier alpha value is -2.10. The van der Waals surface area contributed by atoms with Gasteiger partial charge in [0.15, 0.2) is 0 Å². The summed E-state index contributed by atoms with van der Waals surface area (Å²) in [7, 11) is 0. The molecule has 0 amide bonds. The van der Waals surface area contributed by atoms with Gasteiger partial charge in [-0.1, -0.05) is 0 Å². The molecule has 0 saturated carbocycles. The Bertz CT molecular complexity index is 509. The number of ether oxygens (including phenoxy) is 1. The van der Waals surface area contributed by atoms with E-state index in [-0.39, 0.29) is 17.9 Å². The first-order chi connectivity index (χ1) is 8.15. The van der Waals surface area contributed by atoms with E-state index in [9.17, 15) is 8.78 Å². The predicted octanol–water partition coefficient (Wildman–Crippen LogP) is 3.25. The lowest BCUT2D eigenvalue weighted by Crippen LogP contribution is -1.98. The van der Waals surface area contributed by atoms with Gasteiger partial charge in [0.05, 0.1) is 0 Å². The summed E-state index contributed by atoms with van der Waals surface area (Å²) in [5, 5.41) is 9.06. The van der Waals surface area contributed by atoms with Crippen LogP contribution in [-0.4, -0.2) is 5.11 Å². The zero-order valence-corrected chi connectivity index (χ0v) is 8.86. The van der Waals surface area contributed by atoms with Crippen LogP contribution in [0.2, 0.25) is 0 Å². The van der Waals surface area contributed by atoms with Gasteiger partial charge in [0, 0.05) is 11.6 Å². The van der Waals surface area contributed by atoms with Gasteiger partial charge in [-0.25, -0.2) is 8.78 Å². The van der Waals surface area contributed by atoms with Crippen LogP contribution in [-0.2, 0) is 6.61 Å². The van der Waals surface area contributed by atoms with Crippen molar-refractivity contribution in [2.45, 2.75) is 6.61 Å². The van der Waals surface area contributed by atoms with Gasteiger partial charge < -0.3 is 9.84 Å². The largest absolute Gasteiger partial charge is 0.508 e. The van der Waals surface area contributed by atoms with Crippen LogP contribution >= 0.6 is 0 Å². The molecule has 0 radical (unpaired) electrons. The van der Waals surface area contributed by atoms with Crippen molar-refractivity contribution in [2.24, 2.45) is 0 Å². The Morgan fingerprint density at radius 1 is 1.00 bits per heavy atom. The molecule has 0 aliphatic carbocycles. The van der Waals surface area contributed by atoms with Crippen LogP contribution in [0.5, 0.6) is 11.5 Å². The Morgan fingerprint density at radius 2 is 1.71 bits per heavy atom. The van der Waals surface area contributed by atoms with Gasteiger partial charge in [0.1, 0.15) is 29.7 Å². The van der Waals surface area contributed by atoms with E-state index in [0.29, 0.717) is 5.75 Å². The molecular formula is C13H10F2O2. The summed E-state index contributed by atoms with van der Waals surface area (Å²) >= 11 is 0. The van der Waals surface area contributed by atoms with E-state index in [2.05, 4.69) is 0 Å². The molecule has 17 heavy (non-hydrogen) atoms. The van der Waals surface area contributed by atoms with E-state index < -0.39 is 11.6 Å². The first-order valence-electron chi connectivity index (χ1n) is 5.01. The minimum Gasteiger partial charge on any atom is -0.508 e. The lowest BCUT2D eigenvalue weighted by molar-refractivity contribution is 0.299. The van der Waals surface area contributed by atoms with Crippen LogP contribution in [0.4, 0.5) is 8.78 Å². The molecule has 2 nitrogen and oxygen atoms in total. The van der Waals surface area contributed by atoms with Crippen molar-refractivity contribution in [3.8, 4) is 11.5 Å². The Balaban J connectivity index is 2.04. The van der Waals surface area contributed by atoms with Gasteiger partial charge in [-0.2, -0.15) is 0 Å². The molecule has 0 aliphatic heterocycles. The Morgan fingerprint density at radius 3 is 2.35 bits per heavy atom. The standard InChI is InChI=1S/C13H10F2O2/c14-10-2-1-9(13(15)7-10)8-17-12-5-3-11(16)4-6-12/h1-7,16H,8H2. The van der Waals surface area contributed by atoms with Crippen molar-refractivity contribution in [2.75, 3.05) is 0 Å². The highest BCUT2D eigenvalue weighted by Gasteiger charge is 2.04. The van der Waals surface area contributed by atoms with Crippen LogP contribution in [0.1, 0.15) is 5.56 Å². The highest BCUT2D eigenvalue weighted by molar-refractivity contribution is 5.30. The highest BCUT2D eigenvalue weighted by atomic mass is 19.1. The third-order valence-electron chi connectivity index (χ3n) is 2.25. The Kier molecular flexibility index (Phi) is 3.23. The van der Waals surface area contributed by atoms with Crippen molar-refractivity contribution in [3.05, 3.63) is 59.7 Å². The molecule has 0 atom stereocenters. The Labute approximate surface area is 97.1 Å². The van der Waals surface area contributed by atoms with Gasteiger partial charge in [0.2, 0.25) is 0 Å². The second-order valence-electron chi connectivity index (χ2n) is 3.52. The molecule has 0 aliphatic rings. The van der Waals surface area contributed by atoms with Crippen LogP contribution in [0.25, 0.3) is 0 Å². The van der Waals surface area contributed by atoms with Gasteiger partial charge in [0.25, 0.3) is 0 Å². The van der Waals surface area contributed by atoms with Crippen LogP contribution in [0.15, 0.2) is 42.5 Å². The zero-order chi connectivity index (χ0) is 12.3. The summed E-state index contributed by atoms with van der Waals surface area (Å²) in [6.45, 7) is 0.0108. The van der Waals surface area contributed by atoms with Crippen LogP contribution < -0.4 is 4.74 Å². The lowest BCUT2D eigenvalue weighted by Gasteiger charge is -2.07. The SMILES string of the molecule is Oc1ccc(OCc2ccc(F)cc2F)cc1. The van der Waals surface area contributed by atoms with Crippen LogP contribution in [0.3, 0.4) is 0 Å². The maximum absolute atomic E-state index is 13.3. The van der Waals surface area contributed by atoms with Crippen molar-refractivity contribution in [3.63, 3.8) is 0 Å². The molecule has 88 valence electrons. The third kappa shape index (κ3) is 2.93. The lowest BCUT2D eigenvalue weighted by atomic mass is 10.2. The molecule has 2 aromatic carbocycles. The molecule has 0 bridgehead atoms. The number of hydrogen-bond donors (Lipinski definition) is 1. The summed E-state index contributed by atoms with van der Waals surface area (Å²) in [6.07, 6.45) is 0. The zero-order valence-electron chi connectivity index (χ0n) is 8.86. The number of hydrogen-bond acceptors (Lipinski definition) is 2.